The van der Waals surface area contributed by atoms with Crippen LogP contribution in [0.25, 0.3) is 0 Å². The average molecular weight is 401 g/mol. The molecule has 0 spiro atoms. The number of carbonyl (C=O) groups is 3. The molecule has 11 nitrogen and oxygen atoms in total. The van der Waals surface area contributed by atoms with Gasteiger partial charge in [-0.3, -0.25) is 20.2 Å². The number of benzene rings is 1. The molecule has 0 fully saturated rings. The van der Waals surface area contributed by atoms with Crippen LogP contribution in [0.15, 0.2) is 23.1 Å². The molecule has 0 aliphatic heterocycles. The topological polar surface area (TPSA) is 162 Å². The van der Waals surface area contributed by atoms with Crippen molar-refractivity contribution in [2.75, 3.05) is 12.9 Å². The van der Waals surface area contributed by atoms with E-state index in [-0.39, 0.29) is 5.56 Å². The lowest BCUT2D eigenvalue weighted by Gasteiger charge is -2.20. The summed E-state index contributed by atoms with van der Waals surface area (Å²) in [6, 6.07) is 1.89. The molecule has 0 aliphatic rings. The van der Waals surface area contributed by atoms with Gasteiger partial charge in [0.25, 0.3) is 11.6 Å². The smallest absolute Gasteiger partial charge is 0.338 e. The van der Waals surface area contributed by atoms with Crippen molar-refractivity contribution in [1.82, 2.24) is 10.6 Å². The van der Waals surface area contributed by atoms with Gasteiger partial charge < -0.3 is 10.1 Å². The Morgan fingerprint density at radius 2 is 1.81 bits per heavy atom. The SMILES string of the molecule is CC(C)(C)NC(=O)NC(=O)COC(=O)c1ccc(S(C)(=O)=O)c([N+](=O)[O-])c1. The molecule has 1 rings (SSSR count). The molecule has 27 heavy (non-hydrogen) atoms. The van der Waals surface area contributed by atoms with Gasteiger partial charge in [0, 0.05) is 17.9 Å². The van der Waals surface area contributed by atoms with Crippen molar-refractivity contribution in [2.24, 2.45) is 0 Å². The van der Waals surface area contributed by atoms with Gasteiger partial charge in [-0.15, -0.1) is 0 Å². The van der Waals surface area contributed by atoms with Crippen LogP contribution in [0.5, 0.6) is 0 Å². The van der Waals surface area contributed by atoms with Crippen LogP contribution >= 0.6 is 0 Å². The minimum atomic E-state index is -3.88. The van der Waals surface area contributed by atoms with Gasteiger partial charge in [0.15, 0.2) is 16.4 Å². The molecule has 1 aromatic rings. The molecule has 12 heteroatoms. The molecular weight excluding hydrogens is 382 g/mol. The maximum atomic E-state index is 11.9. The molecule has 0 heterocycles. The Morgan fingerprint density at radius 1 is 1.22 bits per heavy atom. The van der Waals surface area contributed by atoms with Crippen LogP contribution in [-0.4, -0.2) is 49.7 Å². The van der Waals surface area contributed by atoms with Crippen LogP contribution in [0.3, 0.4) is 0 Å². The summed E-state index contributed by atoms with van der Waals surface area (Å²) in [6.45, 7) is 4.29. The number of rotatable bonds is 5. The third-order valence-electron chi connectivity index (χ3n) is 2.87. The summed E-state index contributed by atoms with van der Waals surface area (Å²) in [5.74, 6) is -2.00. The lowest BCUT2D eigenvalue weighted by molar-refractivity contribution is -0.387. The second kappa shape index (κ2) is 8.12. The average Bonchev–Trinajstić information content (AvgIpc) is 2.49. The number of carbonyl (C=O) groups excluding carboxylic acids is 3. The second-order valence-electron chi connectivity index (χ2n) is 6.54. The Hall–Kier alpha value is -3.02. The first-order valence-electron chi connectivity index (χ1n) is 7.48. The number of nitro benzene ring substituents is 1. The zero-order chi connectivity index (χ0) is 21.0. The lowest BCUT2D eigenvalue weighted by atomic mass is 10.1. The van der Waals surface area contributed by atoms with Crippen molar-refractivity contribution in [2.45, 2.75) is 31.2 Å². The molecule has 0 saturated heterocycles. The fraction of sp³-hybridized carbons (Fsp3) is 0.400. The van der Waals surface area contributed by atoms with Gasteiger partial charge in [-0.2, -0.15) is 0 Å². The van der Waals surface area contributed by atoms with Gasteiger partial charge in [-0.25, -0.2) is 18.0 Å². The fourth-order valence-electron chi connectivity index (χ4n) is 1.85. The number of esters is 1. The van der Waals surface area contributed by atoms with Crippen molar-refractivity contribution < 1.29 is 32.5 Å². The molecule has 0 aromatic heterocycles. The quantitative estimate of drug-likeness (QED) is 0.415. The van der Waals surface area contributed by atoms with Crippen LogP contribution in [-0.2, 0) is 19.4 Å². The van der Waals surface area contributed by atoms with Crippen molar-refractivity contribution in [3.8, 4) is 0 Å². The van der Waals surface area contributed by atoms with E-state index in [0.29, 0.717) is 0 Å². The van der Waals surface area contributed by atoms with Crippen molar-refractivity contribution in [1.29, 1.82) is 0 Å². The molecule has 0 atom stereocenters. The molecule has 0 saturated carbocycles. The molecule has 0 aliphatic carbocycles. The van der Waals surface area contributed by atoms with E-state index in [1.807, 2.05) is 5.32 Å². The predicted molar refractivity (Wildman–Crippen MR) is 92.9 cm³/mol. The Labute approximate surface area is 155 Å². The Balaban J connectivity index is 2.81. The molecule has 0 unspecified atom stereocenters. The summed E-state index contributed by atoms with van der Waals surface area (Å²) in [5, 5.41) is 15.4. The van der Waals surface area contributed by atoms with Crippen molar-refractivity contribution >= 4 is 33.4 Å². The van der Waals surface area contributed by atoms with E-state index in [9.17, 15) is 32.9 Å². The number of amides is 3. The maximum Gasteiger partial charge on any atom is 0.338 e. The van der Waals surface area contributed by atoms with E-state index >= 15 is 0 Å². The molecule has 1 aromatic carbocycles. The van der Waals surface area contributed by atoms with Crippen LogP contribution < -0.4 is 10.6 Å². The zero-order valence-corrected chi connectivity index (χ0v) is 15.9. The van der Waals surface area contributed by atoms with Crippen LogP contribution in [0.2, 0.25) is 0 Å². The predicted octanol–water partition coefficient (Wildman–Crippen LogP) is 0.779. The summed E-state index contributed by atoms with van der Waals surface area (Å²) in [7, 11) is -3.88. The van der Waals surface area contributed by atoms with Crippen molar-refractivity contribution in [3.63, 3.8) is 0 Å². The zero-order valence-electron chi connectivity index (χ0n) is 15.1. The number of imide groups is 1. The summed E-state index contributed by atoms with van der Waals surface area (Å²) >= 11 is 0. The summed E-state index contributed by atoms with van der Waals surface area (Å²) in [6.07, 6.45) is 0.792. The summed E-state index contributed by atoms with van der Waals surface area (Å²) in [5.41, 5.74) is -1.69. The summed E-state index contributed by atoms with van der Waals surface area (Å²) in [4.78, 5) is 44.6. The highest BCUT2D eigenvalue weighted by molar-refractivity contribution is 7.90. The maximum absolute atomic E-state index is 11.9. The highest BCUT2D eigenvalue weighted by atomic mass is 32.2. The van der Waals surface area contributed by atoms with Gasteiger partial charge in [0.05, 0.1) is 10.5 Å². The largest absolute Gasteiger partial charge is 0.452 e. The second-order valence-corrected chi connectivity index (χ2v) is 8.52. The van der Waals surface area contributed by atoms with E-state index in [2.05, 4.69) is 10.1 Å². The van der Waals surface area contributed by atoms with Gasteiger partial charge in [0.2, 0.25) is 0 Å². The fourth-order valence-corrected chi connectivity index (χ4v) is 2.68. The molecule has 0 radical (unpaired) electrons. The van der Waals surface area contributed by atoms with E-state index in [1.54, 1.807) is 20.8 Å². The number of ether oxygens (including phenoxy) is 1. The Bertz CT molecular complexity index is 887. The molecular formula is C15H19N3O8S. The monoisotopic (exact) mass is 401 g/mol. The highest BCUT2D eigenvalue weighted by Crippen LogP contribution is 2.25. The van der Waals surface area contributed by atoms with E-state index in [1.165, 1.54) is 0 Å². The van der Waals surface area contributed by atoms with E-state index in [0.717, 1.165) is 24.5 Å². The molecule has 2 N–H and O–H groups in total. The molecule has 3 amide bonds. The van der Waals surface area contributed by atoms with Gasteiger partial charge in [-0.05, 0) is 32.9 Å². The van der Waals surface area contributed by atoms with Gasteiger partial charge in [-0.1, -0.05) is 0 Å². The normalized spacial score (nSPS) is 11.4. The molecule has 0 bridgehead atoms. The van der Waals surface area contributed by atoms with Crippen molar-refractivity contribution in [3.05, 3.63) is 33.9 Å². The van der Waals surface area contributed by atoms with Crippen LogP contribution in [0.1, 0.15) is 31.1 Å². The van der Waals surface area contributed by atoms with Crippen LogP contribution in [0, 0.1) is 10.1 Å². The highest BCUT2D eigenvalue weighted by Gasteiger charge is 2.25. The first-order chi connectivity index (χ1) is 12.2. The minimum absolute atomic E-state index is 0.318. The number of sulfone groups is 1. The number of nitrogens with zero attached hydrogens (tertiary/aromatic N) is 1. The first kappa shape index (κ1) is 22.0. The van der Waals surface area contributed by atoms with Crippen LogP contribution in [0.4, 0.5) is 10.5 Å². The molecule has 148 valence electrons. The minimum Gasteiger partial charge on any atom is -0.452 e. The third-order valence-corrected chi connectivity index (χ3v) is 4.01. The summed E-state index contributed by atoms with van der Waals surface area (Å²) < 4.78 is 27.8. The third kappa shape index (κ3) is 7.01. The Morgan fingerprint density at radius 3 is 2.30 bits per heavy atom. The number of nitro groups is 1. The first-order valence-corrected chi connectivity index (χ1v) is 9.37. The lowest BCUT2D eigenvalue weighted by Crippen LogP contribution is -2.49. The Kier molecular flexibility index (Phi) is 6.62. The van der Waals surface area contributed by atoms with E-state index < -0.39 is 55.4 Å². The number of nitrogens with one attached hydrogen (secondary N) is 2. The van der Waals surface area contributed by atoms with Gasteiger partial charge in [0.1, 0.15) is 4.90 Å². The number of hydrogen-bond acceptors (Lipinski definition) is 8. The van der Waals surface area contributed by atoms with Gasteiger partial charge >= 0.3 is 12.0 Å². The standard InChI is InChI=1S/C15H19N3O8S/c1-15(2,3)17-14(21)16-12(19)8-26-13(20)9-5-6-11(27(4,24)25)10(7-9)18(22)23/h5-7H,8H2,1-4H3,(H2,16,17,19,21). The number of hydrogen-bond donors (Lipinski definition) is 2. The van der Waals surface area contributed by atoms with E-state index in [4.69, 9.17) is 0 Å². The number of urea groups is 1.